The predicted octanol–water partition coefficient (Wildman–Crippen LogP) is 4.05. The second-order valence-electron chi connectivity index (χ2n) is 6.17. The molecule has 1 N–H and O–H groups in total. The molecule has 1 nitrogen and oxygen atoms in total. The van der Waals surface area contributed by atoms with Crippen LogP contribution in [0.4, 0.5) is 4.39 Å². The van der Waals surface area contributed by atoms with E-state index >= 15 is 0 Å². The van der Waals surface area contributed by atoms with Gasteiger partial charge in [-0.1, -0.05) is 24.1 Å². The summed E-state index contributed by atoms with van der Waals surface area (Å²) in [5.41, 5.74) is 1.06. The van der Waals surface area contributed by atoms with Gasteiger partial charge in [0.15, 0.2) is 0 Å². The van der Waals surface area contributed by atoms with E-state index in [0.29, 0.717) is 11.1 Å². The second-order valence-corrected chi connectivity index (χ2v) is 6.58. The molecule has 2 bridgehead atoms. The Bertz CT molecular complexity index is 462. The normalized spacial score (nSPS) is 30.8. The average Bonchev–Trinajstić information content (AvgIpc) is 3.00. The molecule has 0 amide bonds. The molecular formula is C16H21ClFN. The quantitative estimate of drug-likeness (QED) is 0.878. The van der Waals surface area contributed by atoms with Crippen LogP contribution in [-0.4, -0.2) is 13.1 Å². The van der Waals surface area contributed by atoms with Crippen molar-refractivity contribution in [3.05, 3.63) is 34.6 Å². The van der Waals surface area contributed by atoms with E-state index in [1.165, 1.54) is 37.8 Å². The molecule has 104 valence electrons. The maximum absolute atomic E-state index is 13.1. The first-order chi connectivity index (χ1) is 9.17. The van der Waals surface area contributed by atoms with E-state index in [9.17, 15) is 4.39 Å². The van der Waals surface area contributed by atoms with Crippen molar-refractivity contribution >= 4 is 11.6 Å². The molecule has 0 aromatic heterocycles. The molecule has 1 aromatic rings. The Morgan fingerprint density at radius 3 is 2.79 bits per heavy atom. The smallest absolute Gasteiger partial charge is 0.124 e. The molecule has 0 heterocycles. The van der Waals surface area contributed by atoms with Gasteiger partial charge in [-0.15, -0.1) is 0 Å². The third-order valence-corrected chi connectivity index (χ3v) is 5.49. The fourth-order valence-electron chi connectivity index (χ4n) is 4.18. The summed E-state index contributed by atoms with van der Waals surface area (Å²) >= 11 is 6.15. The second kappa shape index (κ2) is 5.41. The van der Waals surface area contributed by atoms with Gasteiger partial charge in [0.25, 0.3) is 0 Å². The fraction of sp³-hybridized carbons (Fsp3) is 0.625. The minimum Gasteiger partial charge on any atom is -0.316 e. The highest BCUT2D eigenvalue weighted by molar-refractivity contribution is 6.31. The molecule has 0 spiro atoms. The summed E-state index contributed by atoms with van der Waals surface area (Å²) in [6, 6.07) is 5.23. The first-order valence-corrected chi connectivity index (χ1v) is 7.66. The molecule has 0 radical (unpaired) electrons. The van der Waals surface area contributed by atoms with Crippen LogP contribution in [0.3, 0.4) is 0 Å². The summed E-state index contributed by atoms with van der Waals surface area (Å²) in [5, 5.41) is 4.03. The van der Waals surface area contributed by atoms with Gasteiger partial charge < -0.3 is 5.32 Å². The van der Waals surface area contributed by atoms with Gasteiger partial charge in [0, 0.05) is 11.1 Å². The number of fused-ring (bicyclic) bond motifs is 2. The molecule has 0 saturated heterocycles. The third-order valence-electron chi connectivity index (χ3n) is 5.14. The molecule has 2 saturated carbocycles. The SMILES string of the molecule is CNC(Cc1ccc(F)cc1Cl)C1CC2CCC1C2. The van der Waals surface area contributed by atoms with Gasteiger partial charge in [0.05, 0.1) is 0 Å². The summed E-state index contributed by atoms with van der Waals surface area (Å²) < 4.78 is 13.1. The zero-order valence-corrected chi connectivity index (χ0v) is 12.1. The molecule has 4 atom stereocenters. The van der Waals surface area contributed by atoms with E-state index in [1.54, 1.807) is 0 Å². The summed E-state index contributed by atoms with van der Waals surface area (Å²) in [5.74, 6) is 2.36. The Labute approximate surface area is 119 Å². The van der Waals surface area contributed by atoms with Gasteiger partial charge in [-0.05, 0) is 68.2 Å². The highest BCUT2D eigenvalue weighted by Crippen LogP contribution is 2.50. The van der Waals surface area contributed by atoms with Crippen molar-refractivity contribution in [1.29, 1.82) is 0 Å². The number of benzene rings is 1. The summed E-state index contributed by atoms with van der Waals surface area (Å²) in [6.45, 7) is 0. The molecule has 1 aromatic carbocycles. The van der Waals surface area contributed by atoms with Crippen LogP contribution in [0.2, 0.25) is 5.02 Å². The van der Waals surface area contributed by atoms with Crippen molar-refractivity contribution in [3.8, 4) is 0 Å². The van der Waals surface area contributed by atoms with E-state index in [-0.39, 0.29) is 5.82 Å². The Kier molecular flexibility index (Phi) is 3.81. The van der Waals surface area contributed by atoms with Crippen molar-refractivity contribution < 1.29 is 4.39 Å². The molecule has 2 fully saturated rings. The Morgan fingerprint density at radius 2 is 2.21 bits per heavy atom. The Balaban J connectivity index is 1.73. The van der Waals surface area contributed by atoms with Crippen molar-refractivity contribution in [1.82, 2.24) is 5.32 Å². The molecule has 3 heteroatoms. The molecule has 4 unspecified atom stereocenters. The van der Waals surface area contributed by atoms with Crippen molar-refractivity contribution in [2.45, 2.75) is 38.1 Å². The van der Waals surface area contributed by atoms with Crippen LogP contribution in [0.1, 0.15) is 31.2 Å². The lowest BCUT2D eigenvalue weighted by Crippen LogP contribution is -2.38. The number of halogens is 2. The van der Waals surface area contributed by atoms with E-state index in [2.05, 4.69) is 5.32 Å². The van der Waals surface area contributed by atoms with E-state index in [0.717, 1.165) is 29.7 Å². The first kappa shape index (κ1) is 13.4. The first-order valence-electron chi connectivity index (χ1n) is 7.28. The van der Waals surface area contributed by atoms with Gasteiger partial charge in [-0.3, -0.25) is 0 Å². The summed E-state index contributed by atoms with van der Waals surface area (Å²) in [6.07, 6.45) is 6.50. The molecule has 3 rings (SSSR count). The van der Waals surface area contributed by atoms with Crippen LogP contribution in [0.25, 0.3) is 0 Å². The van der Waals surface area contributed by atoms with E-state index < -0.39 is 0 Å². The molecule has 0 aliphatic heterocycles. The predicted molar refractivity (Wildman–Crippen MR) is 76.9 cm³/mol. The largest absolute Gasteiger partial charge is 0.316 e. The van der Waals surface area contributed by atoms with Crippen molar-refractivity contribution in [2.75, 3.05) is 7.05 Å². The number of rotatable bonds is 4. The van der Waals surface area contributed by atoms with Crippen molar-refractivity contribution in [2.24, 2.45) is 17.8 Å². The number of likely N-dealkylation sites (N-methyl/N-ethyl adjacent to an activating group) is 1. The fourth-order valence-corrected chi connectivity index (χ4v) is 4.42. The minimum absolute atomic E-state index is 0.255. The molecule has 2 aliphatic rings. The van der Waals surface area contributed by atoms with Gasteiger partial charge in [-0.25, -0.2) is 4.39 Å². The van der Waals surface area contributed by atoms with Crippen LogP contribution in [-0.2, 0) is 6.42 Å². The van der Waals surface area contributed by atoms with E-state index in [1.807, 2.05) is 13.1 Å². The summed E-state index contributed by atoms with van der Waals surface area (Å²) in [4.78, 5) is 0. The topological polar surface area (TPSA) is 12.0 Å². The lowest BCUT2D eigenvalue weighted by Gasteiger charge is -2.30. The van der Waals surface area contributed by atoms with Gasteiger partial charge in [0.1, 0.15) is 5.82 Å². The lowest BCUT2D eigenvalue weighted by atomic mass is 9.81. The molecule has 2 aliphatic carbocycles. The highest BCUT2D eigenvalue weighted by atomic mass is 35.5. The molecule has 19 heavy (non-hydrogen) atoms. The maximum Gasteiger partial charge on any atom is 0.124 e. The highest BCUT2D eigenvalue weighted by Gasteiger charge is 2.42. The average molecular weight is 282 g/mol. The van der Waals surface area contributed by atoms with Crippen LogP contribution in [0, 0.1) is 23.6 Å². The lowest BCUT2D eigenvalue weighted by molar-refractivity contribution is 0.255. The Hall–Kier alpha value is -0.600. The standard InChI is InChI=1S/C16H21ClFN/c1-19-16(14-7-10-2-3-11(14)6-10)8-12-4-5-13(18)9-15(12)17/h4-5,9-11,14,16,19H,2-3,6-8H2,1H3. The minimum atomic E-state index is -0.255. The van der Waals surface area contributed by atoms with Crippen LogP contribution < -0.4 is 5.32 Å². The number of hydrogen-bond donors (Lipinski definition) is 1. The summed E-state index contributed by atoms with van der Waals surface area (Å²) in [7, 11) is 2.04. The van der Waals surface area contributed by atoms with Crippen LogP contribution >= 0.6 is 11.6 Å². The van der Waals surface area contributed by atoms with E-state index in [4.69, 9.17) is 11.6 Å². The van der Waals surface area contributed by atoms with Crippen LogP contribution in [0.5, 0.6) is 0 Å². The van der Waals surface area contributed by atoms with Gasteiger partial charge in [-0.2, -0.15) is 0 Å². The zero-order valence-electron chi connectivity index (χ0n) is 11.3. The zero-order chi connectivity index (χ0) is 13.4. The monoisotopic (exact) mass is 281 g/mol. The van der Waals surface area contributed by atoms with Gasteiger partial charge in [0.2, 0.25) is 0 Å². The van der Waals surface area contributed by atoms with Crippen LogP contribution in [0.15, 0.2) is 18.2 Å². The maximum atomic E-state index is 13.1. The number of hydrogen-bond acceptors (Lipinski definition) is 1. The third kappa shape index (κ3) is 2.66. The number of nitrogens with one attached hydrogen (secondary N) is 1. The molecular weight excluding hydrogens is 261 g/mol. The van der Waals surface area contributed by atoms with Crippen molar-refractivity contribution in [3.63, 3.8) is 0 Å². The Morgan fingerprint density at radius 1 is 1.37 bits per heavy atom. The van der Waals surface area contributed by atoms with Gasteiger partial charge >= 0.3 is 0 Å².